The third kappa shape index (κ3) is 3.08. The van der Waals surface area contributed by atoms with Crippen molar-refractivity contribution in [1.82, 2.24) is 4.98 Å². The Kier molecular flexibility index (Phi) is 4.57. The molecule has 1 aromatic carbocycles. The standard InChI is InChI=1S/C14H14BrN3O2/c1-20-14(19)12(9-5-3-2-4-6-9)18-13-10(15)7-17-8-11(13)16/h2-8,12H,16H2,1H3,(H,17,18). The fourth-order valence-electron chi connectivity index (χ4n) is 1.79. The van der Waals surface area contributed by atoms with Crippen LogP contribution in [0.15, 0.2) is 47.2 Å². The van der Waals surface area contributed by atoms with Gasteiger partial charge in [0.25, 0.3) is 0 Å². The van der Waals surface area contributed by atoms with Crippen LogP contribution in [0.1, 0.15) is 11.6 Å². The molecule has 0 aliphatic rings. The first kappa shape index (κ1) is 14.3. The molecule has 6 heteroatoms. The Morgan fingerprint density at radius 3 is 2.65 bits per heavy atom. The van der Waals surface area contributed by atoms with E-state index in [1.165, 1.54) is 13.3 Å². The van der Waals surface area contributed by atoms with Crippen LogP contribution in [-0.2, 0) is 9.53 Å². The molecule has 1 atom stereocenters. The molecule has 1 aromatic heterocycles. The molecule has 0 aliphatic heterocycles. The molecule has 0 bridgehead atoms. The van der Waals surface area contributed by atoms with Crippen LogP contribution in [0.2, 0.25) is 0 Å². The van der Waals surface area contributed by atoms with Crippen molar-refractivity contribution in [3.63, 3.8) is 0 Å². The van der Waals surface area contributed by atoms with Gasteiger partial charge in [-0.05, 0) is 21.5 Å². The number of esters is 1. The molecule has 0 spiro atoms. The van der Waals surface area contributed by atoms with Crippen LogP contribution in [0.4, 0.5) is 11.4 Å². The summed E-state index contributed by atoms with van der Waals surface area (Å²) < 4.78 is 5.53. The van der Waals surface area contributed by atoms with Crippen LogP contribution < -0.4 is 11.1 Å². The second-order valence-electron chi connectivity index (χ2n) is 4.10. The van der Waals surface area contributed by atoms with E-state index in [9.17, 15) is 4.79 Å². The number of methoxy groups -OCH3 is 1. The van der Waals surface area contributed by atoms with Crippen LogP contribution >= 0.6 is 15.9 Å². The fourth-order valence-corrected chi connectivity index (χ4v) is 2.25. The van der Waals surface area contributed by atoms with Crippen molar-refractivity contribution in [2.45, 2.75) is 6.04 Å². The van der Waals surface area contributed by atoms with Crippen LogP contribution in [0, 0.1) is 0 Å². The summed E-state index contributed by atoms with van der Waals surface area (Å²) in [5, 5.41) is 3.10. The number of halogens is 1. The van der Waals surface area contributed by atoms with Crippen molar-refractivity contribution < 1.29 is 9.53 Å². The molecule has 0 amide bonds. The van der Waals surface area contributed by atoms with Crippen molar-refractivity contribution >= 4 is 33.3 Å². The Morgan fingerprint density at radius 2 is 2.05 bits per heavy atom. The van der Waals surface area contributed by atoms with E-state index in [0.29, 0.717) is 15.8 Å². The van der Waals surface area contributed by atoms with E-state index in [1.54, 1.807) is 6.20 Å². The van der Waals surface area contributed by atoms with Gasteiger partial charge in [0.15, 0.2) is 6.04 Å². The number of aromatic nitrogens is 1. The quantitative estimate of drug-likeness (QED) is 0.840. The number of nitrogens with zero attached hydrogens (tertiary/aromatic N) is 1. The smallest absolute Gasteiger partial charge is 0.332 e. The monoisotopic (exact) mass is 335 g/mol. The lowest BCUT2D eigenvalue weighted by molar-refractivity contribution is -0.141. The van der Waals surface area contributed by atoms with Crippen molar-refractivity contribution in [2.75, 3.05) is 18.2 Å². The molecular weight excluding hydrogens is 322 g/mol. The van der Waals surface area contributed by atoms with Crippen LogP contribution in [-0.4, -0.2) is 18.1 Å². The summed E-state index contributed by atoms with van der Waals surface area (Å²) in [4.78, 5) is 15.9. The van der Waals surface area contributed by atoms with Gasteiger partial charge in [-0.1, -0.05) is 30.3 Å². The van der Waals surface area contributed by atoms with Gasteiger partial charge in [-0.15, -0.1) is 0 Å². The number of carbonyl (C=O) groups excluding carboxylic acids is 1. The number of ether oxygens (including phenoxy) is 1. The number of nitrogens with one attached hydrogen (secondary N) is 1. The van der Waals surface area contributed by atoms with Crippen molar-refractivity contribution in [1.29, 1.82) is 0 Å². The van der Waals surface area contributed by atoms with E-state index >= 15 is 0 Å². The maximum Gasteiger partial charge on any atom is 0.332 e. The molecule has 3 N–H and O–H groups in total. The molecule has 104 valence electrons. The first-order valence-electron chi connectivity index (χ1n) is 5.91. The molecule has 0 aliphatic carbocycles. The predicted octanol–water partition coefficient (Wildman–Crippen LogP) is 2.75. The number of nitrogens with two attached hydrogens (primary N) is 1. The number of anilines is 2. The highest BCUT2D eigenvalue weighted by Crippen LogP contribution is 2.31. The van der Waals surface area contributed by atoms with E-state index in [-0.39, 0.29) is 5.97 Å². The molecule has 1 unspecified atom stereocenters. The third-order valence-corrected chi connectivity index (χ3v) is 3.39. The number of carbonyl (C=O) groups is 1. The van der Waals surface area contributed by atoms with E-state index in [4.69, 9.17) is 10.5 Å². The fraction of sp³-hybridized carbons (Fsp3) is 0.143. The van der Waals surface area contributed by atoms with Gasteiger partial charge in [-0.2, -0.15) is 0 Å². The average Bonchev–Trinajstić information content (AvgIpc) is 2.47. The van der Waals surface area contributed by atoms with E-state index < -0.39 is 6.04 Å². The lowest BCUT2D eigenvalue weighted by Crippen LogP contribution is -2.23. The molecule has 2 aromatic rings. The third-order valence-electron chi connectivity index (χ3n) is 2.79. The highest BCUT2D eigenvalue weighted by molar-refractivity contribution is 9.10. The summed E-state index contributed by atoms with van der Waals surface area (Å²) in [7, 11) is 1.35. The Labute approximate surface area is 125 Å². The second-order valence-corrected chi connectivity index (χ2v) is 4.95. The van der Waals surface area contributed by atoms with Gasteiger partial charge in [-0.25, -0.2) is 4.79 Å². The molecule has 20 heavy (non-hydrogen) atoms. The van der Waals surface area contributed by atoms with Gasteiger partial charge < -0.3 is 15.8 Å². The zero-order valence-electron chi connectivity index (χ0n) is 10.8. The minimum Gasteiger partial charge on any atom is -0.467 e. The Bertz CT molecular complexity index is 584. The van der Waals surface area contributed by atoms with Crippen LogP contribution in [0.3, 0.4) is 0 Å². The van der Waals surface area contributed by atoms with Gasteiger partial charge in [0, 0.05) is 6.20 Å². The Hall–Kier alpha value is -2.08. The Balaban J connectivity index is 2.37. The summed E-state index contributed by atoms with van der Waals surface area (Å²) in [6.07, 6.45) is 3.13. The lowest BCUT2D eigenvalue weighted by atomic mass is 10.1. The van der Waals surface area contributed by atoms with Crippen LogP contribution in [0.5, 0.6) is 0 Å². The van der Waals surface area contributed by atoms with E-state index in [1.807, 2.05) is 30.3 Å². The number of hydrogen-bond acceptors (Lipinski definition) is 5. The number of hydrogen-bond donors (Lipinski definition) is 2. The summed E-state index contributed by atoms with van der Waals surface area (Å²) in [5.41, 5.74) is 7.73. The number of pyridine rings is 1. The molecule has 5 nitrogen and oxygen atoms in total. The normalized spacial score (nSPS) is 11.7. The van der Waals surface area contributed by atoms with Gasteiger partial charge >= 0.3 is 5.97 Å². The second kappa shape index (κ2) is 6.38. The molecule has 0 radical (unpaired) electrons. The maximum atomic E-state index is 12.0. The summed E-state index contributed by atoms with van der Waals surface area (Å²) >= 11 is 3.36. The SMILES string of the molecule is COC(=O)C(Nc1c(N)cncc1Br)c1ccccc1. The molecule has 2 rings (SSSR count). The minimum absolute atomic E-state index is 0.390. The highest BCUT2D eigenvalue weighted by atomic mass is 79.9. The van der Waals surface area contributed by atoms with E-state index in [2.05, 4.69) is 26.2 Å². The summed E-state index contributed by atoms with van der Waals surface area (Å²) in [6, 6.07) is 8.66. The summed E-state index contributed by atoms with van der Waals surface area (Å²) in [6.45, 7) is 0. The largest absolute Gasteiger partial charge is 0.467 e. The first-order chi connectivity index (χ1) is 9.63. The van der Waals surface area contributed by atoms with Gasteiger partial charge in [0.1, 0.15) is 0 Å². The van der Waals surface area contributed by atoms with Gasteiger partial charge in [-0.3, -0.25) is 4.98 Å². The topological polar surface area (TPSA) is 77.2 Å². The van der Waals surface area contributed by atoms with Crippen molar-refractivity contribution in [2.24, 2.45) is 0 Å². The summed E-state index contributed by atoms with van der Waals surface area (Å²) in [5.74, 6) is -0.390. The number of rotatable bonds is 4. The maximum absolute atomic E-state index is 12.0. The molecule has 0 saturated carbocycles. The van der Waals surface area contributed by atoms with Crippen LogP contribution in [0.25, 0.3) is 0 Å². The van der Waals surface area contributed by atoms with E-state index in [0.717, 1.165) is 5.56 Å². The van der Waals surface area contributed by atoms with Crippen molar-refractivity contribution in [3.05, 3.63) is 52.8 Å². The highest BCUT2D eigenvalue weighted by Gasteiger charge is 2.22. The molecule has 0 saturated heterocycles. The predicted molar refractivity (Wildman–Crippen MR) is 81.2 cm³/mol. The minimum atomic E-state index is -0.637. The first-order valence-corrected chi connectivity index (χ1v) is 6.71. The van der Waals surface area contributed by atoms with Crippen molar-refractivity contribution in [3.8, 4) is 0 Å². The van der Waals surface area contributed by atoms with Gasteiger partial charge in [0.05, 0.1) is 29.2 Å². The Morgan fingerprint density at radius 1 is 1.35 bits per heavy atom. The van der Waals surface area contributed by atoms with Gasteiger partial charge in [0.2, 0.25) is 0 Å². The average molecular weight is 336 g/mol. The number of nitrogen functional groups attached to an aromatic ring is 1. The zero-order chi connectivity index (χ0) is 14.5. The molecule has 0 fully saturated rings. The number of benzene rings is 1. The molecular formula is C14H14BrN3O2. The molecule has 1 heterocycles. The zero-order valence-corrected chi connectivity index (χ0v) is 12.4. The lowest BCUT2D eigenvalue weighted by Gasteiger charge is -2.19.